The molecule has 0 saturated heterocycles. The van der Waals surface area contributed by atoms with E-state index in [0.29, 0.717) is 15.3 Å². The number of rotatable bonds is 9. The molecule has 25 heavy (non-hydrogen) atoms. The SMILES string of the molecule is CCCC1CCC(C[Si]c2cccc(OC(C)F)c2OC(C)F)CC1. The summed E-state index contributed by atoms with van der Waals surface area (Å²) in [5.41, 5.74) is 0. The Morgan fingerprint density at radius 2 is 1.68 bits per heavy atom. The van der Waals surface area contributed by atoms with Crippen LogP contribution >= 0.6 is 0 Å². The molecule has 0 heterocycles. The van der Waals surface area contributed by atoms with Crippen LogP contribution in [0.1, 0.15) is 59.3 Å². The van der Waals surface area contributed by atoms with Gasteiger partial charge in [0.05, 0.1) is 9.52 Å². The van der Waals surface area contributed by atoms with E-state index in [2.05, 4.69) is 6.92 Å². The Hall–Kier alpha value is -1.10. The van der Waals surface area contributed by atoms with Gasteiger partial charge in [-0.05, 0) is 23.1 Å². The van der Waals surface area contributed by atoms with Crippen LogP contribution in [-0.2, 0) is 0 Å². The van der Waals surface area contributed by atoms with Crippen LogP contribution in [0.5, 0.6) is 11.5 Å². The highest BCUT2D eigenvalue weighted by Crippen LogP contribution is 2.34. The Morgan fingerprint density at radius 3 is 2.28 bits per heavy atom. The van der Waals surface area contributed by atoms with Crippen molar-refractivity contribution in [2.24, 2.45) is 11.8 Å². The molecule has 5 heteroatoms. The van der Waals surface area contributed by atoms with Gasteiger partial charge in [-0.15, -0.1) is 0 Å². The first kappa shape index (κ1) is 20.2. The van der Waals surface area contributed by atoms with Gasteiger partial charge < -0.3 is 9.47 Å². The number of alkyl halides is 2. The smallest absolute Gasteiger partial charge is 0.236 e. The van der Waals surface area contributed by atoms with Gasteiger partial charge in [-0.25, -0.2) is 8.78 Å². The predicted octanol–water partition coefficient (Wildman–Crippen LogP) is 5.43. The van der Waals surface area contributed by atoms with Gasteiger partial charge in [0.1, 0.15) is 0 Å². The third kappa shape index (κ3) is 6.61. The fourth-order valence-corrected chi connectivity index (χ4v) is 5.07. The molecule has 0 spiro atoms. The maximum absolute atomic E-state index is 13.4. The van der Waals surface area contributed by atoms with Crippen molar-refractivity contribution < 1.29 is 18.3 Å². The lowest BCUT2D eigenvalue weighted by Crippen LogP contribution is -2.24. The van der Waals surface area contributed by atoms with Crippen molar-refractivity contribution in [2.75, 3.05) is 0 Å². The van der Waals surface area contributed by atoms with Gasteiger partial charge in [-0.2, -0.15) is 0 Å². The molecule has 0 aliphatic heterocycles. The highest BCUT2D eigenvalue weighted by atomic mass is 28.2. The number of hydrogen-bond donors (Lipinski definition) is 0. The van der Waals surface area contributed by atoms with Crippen LogP contribution in [0.3, 0.4) is 0 Å². The Balaban J connectivity index is 1.98. The van der Waals surface area contributed by atoms with Crippen molar-refractivity contribution >= 4 is 14.7 Å². The van der Waals surface area contributed by atoms with Crippen LogP contribution in [0.4, 0.5) is 8.78 Å². The second-order valence-electron chi connectivity index (χ2n) is 7.01. The largest absolute Gasteiger partial charge is 0.457 e. The van der Waals surface area contributed by atoms with Gasteiger partial charge in [-0.1, -0.05) is 63.6 Å². The quantitative estimate of drug-likeness (QED) is 0.541. The molecule has 2 unspecified atom stereocenters. The Bertz CT molecular complexity index is 514. The van der Waals surface area contributed by atoms with Crippen molar-refractivity contribution in [3.05, 3.63) is 18.2 Å². The number of halogens is 2. The van der Waals surface area contributed by atoms with Crippen LogP contribution in [0.25, 0.3) is 0 Å². The minimum absolute atomic E-state index is 0.288. The summed E-state index contributed by atoms with van der Waals surface area (Å²) in [6.07, 6.45) is 4.95. The van der Waals surface area contributed by atoms with Crippen molar-refractivity contribution in [1.82, 2.24) is 0 Å². The van der Waals surface area contributed by atoms with E-state index in [4.69, 9.17) is 9.47 Å². The molecule has 1 aromatic rings. The minimum Gasteiger partial charge on any atom is -0.457 e. The lowest BCUT2D eigenvalue weighted by Gasteiger charge is -2.28. The van der Waals surface area contributed by atoms with Crippen molar-refractivity contribution in [1.29, 1.82) is 0 Å². The third-order valence-corrected chi connectivity index (χ3v) is 6.35. The van der Waals surface area contributed by atoms with E-state index in [-0.39, 0.29) is 5.75 Å². The summed E-state index contributed by atoms with van der Waals surface area (Å²) >= 11 is 0. The fourth-order valence-electron chi connectivity index (χ4n) is 3.59. The fraction of sp³-hybridized carbons (Fsp3) is 0.700. The molecule has 2 rings (SSSR count). The van der Waals surface area contributed by atoms with Gasteiger partial charge in [0.15, 0.2) is 11.5 Å². The molecule has 0 N–H and O–H groups in total. The molecular formula is C20H30F2O2Si. The molecular weight excluding hydrogens is 338 g/mol. The van der Waals surface area contributed by atoms with E-state index in [1.807, 2.05) is 12.1 Å². The Labute approximate surface area is 153 Å². The highest BCUT2D eigenvalue weighted by molar-refractivity contribution is 6.54. The zero-order valence-electron chi connectivity index (χ0n) is 15.6. The molecule has 1 aliphatic rings. The topological polar surface area (TPSA) is 18.5 Å². The number of para-hydroxylation sites is 1. The van der Waals surface area contributed by atoms with Crippen LogP contribution in [0.2, 0.25) is 6.04 Å². The summed E-state index contributed by atoms with van der Waals surface area (Å²) in [5.74, 6) is 2.28. The summed E-state index contributed by atoms with van der Waals surface area (Å²) in [6, 6.07) is 6.49. The van der Waals surface area contributed by atoms with E-state index in [1.165, 1.54) is 52.4 Å². The lowest BCUT2D eigenvalue weighted by molar-refractivity contribution is 0.0592. The first-order chi connectivity index (χ1) is 12.0. The van der Waals surface area contributed by atoms with Gasteiger partial charge in [0, 0.05) is 13.8 Å². The molecule has 1 saturated carbocycles. The minimum atomic E-state index is -1.45. The van der Waals surface area contributed by atoms with Crippen LogP contribution in [0.15, 0.2) is 18.2 Å². The molecule has 0 amide bonds. The zero-order valence-corrected chi connectivity index (χ0v) is 16.6. The maximum Gasteiger partial charge on any atom is 0.236 e. The van der Waals surface area contributed by atoms with Crippen molar-refractivity contribution in [3.63, 3.8) is 0 Å². The number of hydrogen-bond acceptors (Lipinski definition) is 2. The lowest BCUT2D eigenvalue weighted by atomic mass is 9.81. The van der Waals surface area contributed by atoms with Crippen molar-refractivity contribution in [3.8, 4) is 11.5 Å². The predicted molar refractivity (Wildman–Crippen MR) is 99.4 cm³/mol. The Kier molecular flexibility index (Phi) is 8.20. The molecule has 1 aliphatic carbocycles. The normalized spacial score (nSPS) is 23.1. The molecule has 140 valence electrons. The number of ether oxygens (including phenoxy) is 2. The van der Waals surface area contributed by atoms with Crippen LogP contribution in [-0.4, -0.2) is 22.2 Å². The van der Waals surface area contributed by atoms with E-state index in [1.54, 1.807) is 6.07 Å². The first-order valence-corrected chi connectivity index (χ1v) is 10.7. The standard InChI is InChI=1S/C20H30F2O2Si/c1-4-6-16-9-11-17(12-10-16)13-25-19-8-5-7-18(23-14(2)21)20(19)24-15(3)22/h5,7-8,14-17H,4,6,9-13H2,1-3H3. The van der Waals surface area contributed by atoms with Crippen LogP contribution < -0.4 is 14.7 Å². The summed E-state index contributed by atoms with van der Waals surface area (Å²) in [6.45, 7) is 4.90. The van der Waals surface area contributed by atoms with E-state index >= 15 is 0 Å². The molecule has 0 aromatic heterocycles. The van der Waals surface area contributed by atoms with E-state index in [9.17, 15) is 8.78 Å². The highest BCUT2D eigenvalue weighted by Gasteiger charge is 2.22. The molecule has 1 fully saturated rings. The van der Waals surface area contributed by atoms with Gasteiger partial charge in [0.25, 0.3) is 0 Å². The third-order valence-electron chi connectivity index (χ3n) is 4.79. The average Bonchev–Trinajstić information content (AvgIpc) is 2.56. The summed E-state index contributed by atoms with van der Waals surface area (Å²) in [7, 11) is 0.526. The molecule has 1 aromatic carbocycles. The summed E-state index contributed by atoms with van der Waals surface area (Å²) in [4.78, 5) is 0. The molecule has 2 radical (unpaired) electrons. The first-order valence-electron chi connectivity index (χ1n) is 9.47. The van der Waals surface area contributed by atoms with E-state index < -0.39 is 12.7 Å². The summed E-state index contributed by atoms with van der Waals surface area (Å²) < 4.78 is 37.2. The number of benzene rings is 1. The van der Waals surface area contributed by atoms with Crippen molar-refractivity contribution in [2.45, 2.75) is 78.1 Å². The molecule has 2 nitrogen and oxygen atoms in total. The second-order valence-corrected chi connectivity index (χ2v) is 8.31. The average molecular weight is 369 g/mol. The maximum atomic E-state index is 13.4. The van der Waals surface area contributed by atoms with E-state index in [0.717, 1.165) is 23.1 Å². The van der Waals surface area contributed by atoms with Gasteiger partial charge >= 0.3 is 0 Å². The van der Waals surface area contributed by atoms with Gasteiger partial charge in [-0.3, -0.25) is 0 Å². The van der Waals surface area contributed by atoms with Crippen LogP contribution in [0, 0.1) is 11.8 Å². The molecule has 0 bridgehead atoms. The monoisotopic (exact) mass is 368 g/mol. The zero-order chi connectivity index (χ0) is 18.2. The van der Waals surface area contributed by atoms with Gasteiger partial charge in [0.2, 0.25) is 12.7 Å². The Morgan fingerprint density at radius 1 is 1.04 bits per heavy atom. The summed E-state index contributed by atoms with van der Waals surface area (Å²) in [5, 5.41) is 0.929. The molecule has 2 atom stereocenters. The second kappa shape index (κ2) is 10.1.